The molecular weight excluding hydrogens is 434 g/mol. The van der Waals surface area contributed by atoms with Crippen LogP contribution in [-0.4, -0.2) is 71.2 Å². The number of carbonyl (C=O) groups excluding carboxylic acids is 4. The van der Waals surface area contributed by atoms with E-state index in [1.807, 2.05) is 0 Å². The minimum atomic E-state index is -0.711. The van der Waals surface area contributed by atoms with Gasteiger partial charge in [-0.05, 0) is 57.5 Å². The zero-order chi connectivity index (χ0) is 21.7. The fourth-order valence-corrected chi connectivity index (χ4v) is 2.55. The number of nitrogens with one attached hydrogen (secondary N) is 1. The Balaban J connectivity index is 2.67. The topological polar surface area (TPSA) is 105 Å². The molecule has 4 amide bonds. The number of alkyl carbamates (subject to hydrolysis) is 1. The maximum atomic E-state index is 12.4. The first kappa shape index (κ1) is 23.9. The largest absolute Gasteiger partial charge is 0.444 e. The highest BCUT2D eigenvalue weighted by atomic mass is 79.9. The molecule has 0 saturated heterocycles. The van der Waals surface area contributed by atoms with Crippen LogP contribution >= 0.6 is 15.9 Å². The number of hydrogen-bond acceptors (Lipinski definition) is 6. The molecule has 0 bridgehead atoms. The first-order chi connectivity index (χ1) is 12.7. The molecule has 1 heterocycles. The smallest absolute Gasteiger partial charge is 0.410 e. The molecule has 0 aromatic carbocycles. The third-order valence-electron chi connectivity index (χ3n) is 3.26. The van der Waals surface area contributed by atoms with Gasteiger partial charge in [0.15, 0.2) is 0 Å². The number of imide groups is 1. The minimum absolute atomic E-state index is 0.00888. The summed E-state index contributed by atoms with van der Waals surface area (Å²) >= 11 is 3.02. The summed E-state index contributed by atoms with van der Waals surface area (Å²) in [6.07, 6.45) is -0.0243. The van der Waals surface area contributed by atoms with Crippen LogP contribution < -0.4 is 5.32 Å². The molecule has 0 spiro atoms. The van der Waals surface area contributed by atoms with Crippen molar-refractivity contribution in [2.45, 2.75) is 52.7 Å². The number of ether oxygens (including phenoxy) is 2. The van der Waals surface area contributed by atoms with Gasteiger partial charge in [0.05, 0.1) is 4.48 Å². The lowest BCUT2D eigenvalue weighted by atomic mass is 10.2. The Kier molecular flexibility index (Phi) is 8.04. The van der Waals surface area contributed by atoms with E-state index in [4.69, 9.17) is 9.47 Å². The van der Waals surface area contributed by atoms with Gasteiger partial charge in [0.1, 0.15) is 11.2 Å². The van der Waals surface area contributed by atoms with Gasteiger partial charge >= 0.3 is 12.2 Å². The van der Waals surface area contributed by atoms with Crippen LogP contribution in [0.2, 0.25) is 0 Å². The van der Waals surface area contributed by atoms with E-state index in [0.717, 1.165) is 4.90 Å². The highest BCUT2D eigenvalue weighted by Crippen LogP contribution is 2.18. The van der Waals surface area contributed by atoms with Gasteiger partial charge < -0.3 is 19.7 Å². The molecule has 0 saturated carbocycles. The standard InChI is InChI=1S/C18H28BrN3O6/c1-17(2,3)27-15(25)20-7-8-21(16(26)28-18(4,5)6)9-10-22-13(23)11-12(19)14(22)24/h11H,7-10H2,1-6H3,(H,20,25). The molecule has 0 unspecified atom stereocenters. The molecule has 1 rings (SSSR count). The van der Waals surface area contributed by atoms with Crippen LogP contribution in [0.15, 0.2) is 10.6 Å². The molecule has 9 nitrogen and oxygen atoms in total. The Labute approximate surface area is 173 Å². The molecule has 1 aliphatic heterocycles. The van der Waals surface area contributed by atoms with Gasteiger partial charge in [0.25, 0.3) is 11.8 Å². The van der Waals surface area contributed by atoms with Crippen molar-refractivity contribution >= 4 is 39.9 Å². The molecule has 1 aliphatic rings. The zero-order valence-corrected chi connectivity index (χ0v) is 18.7. The summed E-state index contributed by atoms with van der Waals surface area (Å²) < 4.78 is 10.7. The Morgan fingerprint density at radius 2 is 1.64 bits per heavy atom. The summed E-state index contributed by atoms with van der Waals surface area (Å²) in [4.78, 5) is 50.3. The molecule has 0 aliphatic carbocycles. The van der Waals surface area contributed by atoms with Crippen LogP contribution in [0, 0.1) is 0 Å². The van der Waals surface area contributed by atoms with Gasteiger partial charge in [-0.25, -0.2) is 9.59 Å². The van der Waals surface area contributed by atoms with E-state index in [0.29, 0.717) is 0 Å². The summed E-state index contributed by atoms with van der Waals surface area (Å²) in [5, 5.41) is 2.56. The highest BCUT2D eigenvalue weighted by molar-refractivity contribution is 9.12. The third-order valence-corrected chi connectivity index (χ3v) is 3.83. The van der Waals surface area contributed by atoms with Crippen LogP contribution in [0.25, 0.3) is 0 Å². The maximum absolute atomic E-state index is 12.4. The normalized spacial score (nSPS) is 14.7. The van der Waals surface area contributed by atoms with E-state index in [1.54, 1.807) is 41.5 Å². The molecule has 158 valence electrons. The zero-order valence-electron chi connectivity index (χ0n) is 17.1. The van der Waals surface area contributed by atoms with E-state index in [2.05, 4.69) is 21.2 Å². The Bertz CT molecular complexity index is 663. The first-order valence-electron chi connectivity index (χ1n) is 8.87. The monoisotopic (exact) mass is 461 g/mol. The Morgan fingerprint density at radius 3 is 2.11 bits per heavy atom. The molecule has 10 heteroatoms. The van der Waals surface area contributed by atoms with E-state index < -0.39 is 35.2 Å². The summed E-state index contributed by atoms with van der Waals surface area (Å²) in [5.74, 6) is -0.908. The van der Waals surface area contributed by atoms with Gasteiger partial charge in [0, 0.05) is 32.3 Å². The first-order valence-corrected chi connectivity index (χ1v) is 9.67. The van der Waals surface area contributed by atoms with Crippen LogP contribution in [0.5, 0.6) is 0 Å². The van der Waals surface area contributed by atoms with Crippen molar-refractivity contribution in [3.8, 4) is 0 Å². The van der Waals surface area contributed by atoms with Crippen LogP contribution in [0.4, 0.5) is 9.59 Å². The number of nitrogens with zero attached hydrogens (tertiary/aromatic N) is 2. The van der Waals surface area contributed by atoms with Crippen LogP contribution in [-0.2, 0) is 19.1 Å². The van der Waals surface area contributed by atoms with Crippen molar-refractivity contribution in [2.24, 2.45) is 0 Å². The van der Waals surface area contributed by atoms with E-state index in [9.17, 15) is 19.2 Å². The average molecular weight is 462 g/mol. The number of carbonyl (C=O) groups is 4. The van der Waals surface area contributed by atoms with Crippen molar-refractivity contribution in [2.75, 3.05) is 26.2 Å². The van der Waals surface area contributed by atoms with Crippen LogP contribution in [0.3, 0.4) is 0 Å². The lowest BCUT2D eigenvalue weighted by molar-refractivity contribution is -0.137. The molecular formula is C18H28BrN3O6. The van der Waals surface area contributed by atoms with Crippen molar-refractivity contribution in [3.63, 3.8) is 0 Å². The Hall–Kier alpha value is -2.10. The van der Waals surface area contributed by atoms with E-state index in [1.165, 1.54) is 11.0 Å². The number of halogens is 1. The van der Waals surface area contributed by atoms with Gasteiger partial charge in [-0.1, -0.05) is 0 Å². The number of hydrogen-bond donors (Lipinski definition) is 1. The summed E-state index contributed by atoms with van der Waals surface area (Å²) in [5.41, 5.74) is -1.34. The summed E-state index contributed by atoms with van der Waals surface area (Å²) in [7, 11) is 0. The minimum Gasteiger partial charge on any atom is -0.444 e. The number of rotatable bonds is 6. The van der Waals surface area contributed by atoms with Gasteiger partial charge in [0.2, 0.25) is 0 Å². The number of amides is 4. The second-order valence-electron chi connectivity index (χ2n) is 8.18. The molecule has 0 fully saturated rings. The second-order valence-corrected chi connectivity index (χ2v) is 9.04. The fraction of sp³-hybridized carbons (Fsp3) is 0.667. The molecule has 0 radical (unpaired) electrons. The third kappa shape index (κ3) is 8.28. The fourth-order valence-electron chi connectivity index (χ4n) is 2.14. The quantitative estimate of drug-likeness (QED) is 0.608. The molecule has 0 atom stereocenters. The molecule has 0 aromatic rings. The SMILES string of the molecule is CC(C)(C)OC(=O)NCCN(CCN1C(=O)C=C(Br)C1=O)C(=O)OC(C)(C)C. The molecule has 28 heavy (non-hydrogen) atoms. The predicted octanol–water partition coefficient (Wildman–Crippen LogP) is 2.40. The average Bonchev–Trinajstić information content (AvgIpc) is 2.72. The van der Waals surface area contributed by atoms with Crippen LogP contribution in [0.1, 0.15) is 41.5 Å². The van der Waals surface area contributed by atoms with Gasteiger partial charge in [-0.15, -0.1) is 0 Å². The van der Waals surface area contributed by atoms with Gasteiger partial charge in [-0.2, -0.15) is 0 Å². The van der Waals surface area contributed by atoms with Crippen molar-refractivity contribution in [3.05, 3.63) is 10.6 Å². The molecule has 1 N–H and O–H groups in total. The van der Waals surface area contributed by atoms with Crippen molar-refractivity contribution in [1.82, 2.24) is 15.1 Å². The Morgan fingerprint density at radius 1 is 1.07 bits per heavy atom. The second kappa shape index (κ2) is 9.40. The molecule has 0 aromatic heterocycles. The summed E-state index contributed by atoms with van der Waals surface area (Å²) in [6.45, 7) is 10.8. The predicted molar refractivity (Wildman–Crippen MR) is 106 cm³/mol. The van der Waals surface area contributed by atoms with Crippen molar-refractivity contribution in [1.29, 1.82) is 0 Å². The lowest BCUT2D eigenvalue weighted by Gasteiger charge is -2.28. The highest BCUT2D eigenvalue weighted by Gasteiger charge is 2.31. The summed E-state index contributed by atoms with van der Waals surface area (Å²) in [6, 6.07) is 0. The van der Waals surface area contributed by atoms with Gasteiger partial charge in [-0.3, -0.25) is 14.5 Å². The van der Waals surface area contributed by atoms with E-state index >= 15 is 0 Å². The maximum Gasteiger partial charge on any atom is 0.410 e. The van der Waals surface area contributed by atoms with Crippen molar-refractivity contribution < 1.29 is 28.7 Å². The van der Waals surface area contributed by atoms with E-state index in [-0.39, 0.29) is 30.7 Å². The lowest BCUT2D eigenvalue weighted by Crippen LogP contribution is -2.46.